The molecule has 3 aromatic rings. The summed E-state index contributed by atoms with van der Waals surface area (Å²) in [7, 11) is 0. The van der Waals surface area contributed by atoms with Crippen molar-refractivity contribution in [2.24, 2.45) is 0 Å². The van der Waals surface area contributed by atoms with Gasteiger partial charge in [0.25, 0.3) is 0 Å². The van der Waals surface area contributed by atoms with E-state index in [1.165, 1.54) is 0 Å². The number of hydrogen-bond donors (Lipinski definition) is 0. The lowest BCUT2D eigenvalue weighted by molar-refractivity contribution is -0.0365. The van der Waals surface area contributed by atoms with Crippen LogP contribution in [-0.4, -0.2) is 45.5 Å². The van der Waals surface area contributed by atoms with E-state index >= 15 is 0 Å². The minimum Gasteiger partial charge on any atom is -0.491 e. The molecule has 2 aliphatic rings. The zero-order chi connectivity index (χ0) is 20.5. The molecule has 1 aromatic carbocycles. The first-order chi connectivity index (χ1) is 14.7. The maximum absolute atomic E-state index is 6.19. The van der Waals surface area contributed by atoms with Gasteiger partial charge in [-0.05, 0) is 57.7 Å². The number of hydrogen-bond acceptors (Lipinski definition) is 5. The predicted molar refractivity (Wildman–Crippen MR) is 115 cm³/mol. The lowest BCUT2D eigenvalue weighted by atomic mass is 10.1. The fourth-order valence-electron chi connectivity index (χ4n) is 4.27. The molecule has 3 atom stereocenters. The average Bonchev–Trinajstić information content (AvgIpc) is 3.38. The number of fused-ring (bicyclic) bond motifs is 4. The van der Waals surface area contributed by atoms with E-state index in [0.29, 0.717) is 13.2 Å². The molecule has 5 rings (SSSR count). The van der Waals surface area contributed by atoms with Gasteiger partial charge in [-0.1, -0.05) is 0 Å². The highest BCUT2D eigenvalue weighted by molar-refractivity contribution is 5.94. The molecule has 4 bridgehead atoms. The van der Waals surface area contributed by atoms with Gasteiger partial charge < -0.3 is 14.2 Å². The SMILES string of the molecule is C[C@@H]1CCOCC[C@H](C)Oc2ccc3c(c2)c(nn3C2CCCCO2)-c2cnn1c2. The lowest BCUT2D eigenvalue weighted by Gasteiger charge is -2.23. The number of aromatic nitrogens is 4. The number of rotatable bonds is 1. The highest BCUT2D eigenvalue weighted by atomic mass is 16.5. The highest BCUT2D eigenvalue weighted by Crippen LogP contribution is 2.35. The van der Waals surface area contributed by atoms with E-state index in [0.717, 1.165) is 66.6 Å². The molecule has 0 saturated carbocycles. The Bertz CT molecular complexity index is 1010. The van der Waals surface area contributed by atoms with E-state index < -0.39 is 0 Å². The molecule has 0 aliphatic carbocycles. The van der Waals surface area contributed by atoms with Crippen LogP contribution in [0.25, 0.3) is 22.2 Å². The summed E-state index contributed by atoms with van der Waals surface area (Å²) in [4.78, 5) is 0. The Balaban J connectivity index is 1.61. The van der Waals surface area contributed by atoms with Gasteiger partial charge in [0.1, 0.15) is 11.4 Å². The lowest BCUT2D eigenvalue weighted by Crippen LogP contribution is -2.19. The summed E-state index contributed by atoms with van der Waals surface area (Å²) >= 11 is 0. The van der Waals surface area contributed by atoms with Crippen LogP contribution in [-0.2, 0) is 9.47 Å². The van der Waals surface area contributed by atoms with Gasteiger partial charge in [0.15, 0.2) is 6.23 Å². The highest BCUT2D eigenvalue weighted by Gasteiger charge is 2.23. The zero-order valence-electron chi connectivity index (χ0n) is 17.8. The van der Waals surface area contributed by atoms with Crippen LogP contribution in [0, 0.1) is 0 Å². The number of ether oxygens (including phenoxy) is 3. The van der Waals surface area contributed by atoms with Gasteiger partial charge in [-0.3, -0.25) is 4.68 Å². The zero-order valence-corrected chi connectivity index (χ0v) is 17.8. The van der Waals surface area contributed by atoms with Gasteiger partial charge in [-0.15, -0.1) is 0 Å². The summed E-state index contributed by atoms with van der Waals surface area (Å²) in [6, 6.07) is 6.51. The largest absolute Gasteiger partial charge is 0.491 e. The maximum Gasteiger partial charge on any atom is 0.150 e. The summed E-state index contributed by atoms with van der Waals surface area (Å²) < 4.78 is 22.1. The Hall–Kier alpha value is -2.38. The summed E-state index contributed by atoms with van der Waals surface area (Å²) in [5.74, 6) is 0.857. The van der Waals surface area contributed by atoms with Gasteiger partial charge >= 0.3 is 0 Å². The van der Waals surface area contributed by atoms with Crippen molar-refractivity contribution in [2.45, 2.75) is 64.3 Å². The first kappa shape index (κ1) is 19.6. The molecule has 160 valence electrons. The van der Waals surface area contributed by atoms with Crippen molar-refractivity contribution in [1.82, 2.24) is 19.6 Å². The van der Waals surface area contributed by atoms with E-state index in [1.54, 1.807) is 0 Å². The molecule has 0 radical (unpaired) electrons. The van der Waals surface area contributed by atoms with Crippen molar-refractivity contribution in [3.05, 3.63) is 30.6 Å². The number of benzene rings is 1. The van der Waals surface area contributed by atoms with Gasteiger partial charge in [0.05, 0.1) is 30.5 Å². The Morgan fingerprint density at radius 2 is 1.93 bits per heavy atom. The van der Waals surface area contributed by atoms with Gasteiger partial charge in [-0.25, -0.2) is 4.68 Å². The van der Waals surface area contributed by atoms with Crippen molar-refractivity contribution in [3.8, 4) is 17.0 Å². The van der Waals surface area contributed by atoms with Gasteiger partial charge in [0, 0.05) is 36.8 Å². The van der Waals surface area contributed by atoms with Crippen LogP contribution in [0.15, 0.2) is 30.6 Å². The molecule has 7 nitrogen and oxygen atoms in total. The topological polar surface area (TPSA) is 63.3 Å². The maximum atomic E-state index is 6.19. The number of nitrogens with zero attached hydrogens (tertiary/aromatic N) is 4. The van der Waals surface area contributed by atoms with E-state index in [9.17, 15) is 0 Å². The molecule has 7 heteroatoms. The molecule has 1 unspecified atom stereocenters. The quantitative estimate of drug-likeness (QED) is 0.580. The molecular weight excluding hydrogens is 380 g/mol. The van der Waals surface area contributed by atoms with Crippen LogP contribution < -0.4 is 4.74 Å². The van der Waals surface area contributed by atoms with Crippen LogP contribution in [0.4, 0.5) is 0 Å². The van der Waals surface area contributed by atoms with Crippen molar-refractivity contribution in [3.63, 3.8) is 0 Å². The van der Waals surface area contributed by atoms with Crippen LogP contribution in [0.3, 0.4) is 0 Å². The minimum atomic E-state index is -0.0163. The summed E-state index contributed by atoms with van der Waals surface area (Å²) in [5, 5.41) is 10.7. The smallest absolute Gasteiger partial charge is 0.150 e. The van der Waals surface area contributed by atoms with Crippen LogP contribution in [0.2, 0.25) is 0 Å². The summed E-state index contributed by atoms with van der Waals surface area (Å²) in [6.45, 7) is 6.47. The van der Waals surface area contributed by atoms with E-state index in [4.69, 9.17) is 19.3 Å². The van der Waals surface area contributed by atoms with E-state index in [2.05, 4.69) is 42.0 Å². The fourth-order valence-corrected chi connectivity index (χ4v) is 4.27. The monoisotopic (exact) mass is 410 g/mol. The fraction of sp³-hybridized carbons (Fsp3) is 0.565. The second kappa shape index (κ2) is 8.40. The third kappa shape index (κ3) is 3.84. The summed E-state index contributed by atoms with van der Waals surface area (Å²) in [5.41, 5.74) is 3.02. The Morgan fingerprint density at radius 1 is 1.03 bits per heavy atom. The van der Waals surface area contributed by atoms with Crippen molar-refractivity contribution in [2.75, 3.05) is 19.8 Å². The van der Waals surface area contributed by atoms with E-state index in [1.807, 2.05) is 16.9 Å². The van der Waals surface area contributed by atoms with Crippen LogP contribution in [0.1, 0.15) is 58.2 Å². The Kier molecular flexibility index (Phi) is 5.48. The molecule has 2 aromatic heterocycles. The average molecular weight is 411 g/mol. The second-order valence-electron chi connectivity index (χ2n) is 8.47. The molecule has 30 heavy (non-hydrogen) atoms. The second-order valence-corrected chi connectivity index (χ2v) is 8.47. The molecule has 4 heterocycles. The van der Waals surface area contributed by atoms with Crippen molar-refractivity contribution < 1.29 is 14.2 Å². The Morgan fingerprint density at radius 3 is 2.80 bits per heavy atom. The first-order valence-corrected chi connectivity index (χ1v) is 11.1. The standard InChI is InChI=1S/C23H30N4O3/c1-16-8-11-28-12-9-17(2)30-19-6-7-21-20(13-19)23(18-14-24-26(16)15-18)25-27(21)22-5-3-4-10-29-22/h6-7,13-17,22H,3-5,8-12H2,1-2H3/t16-,17+,22?/m1/s1. The van der Waals surface area contributed by atoms with E-state index in [-0.39, 0.29) is 18.4 Å². The molecule has 0 spiro atoms. The Labute approximate surface area is 176 Å². The molecule has 1 saturated heterocycles. The first-order valence-electron chi connectivity index (χ1n) is 11.1. The molecule has 0 amide bonds. The molecule has 1 fully saturated rings. The summed E-state index contributed by atoms with van der Waals surface area (Å²) in [6.07, 6.45) is 9.13. The molecular formula is C23H30N4O3. The molecule has 0 N–H and O–H groups in total. The van der Waals surface area contributed by atoms with Crippen molar-refractivity contribution >= 4 is 10.9 Å². The predicted octanol–water partition coefficient (Wildman–Crippen LogP) is 4.74. The molecule has 2 aliphatic heterocycles. The normalized spacial score (nSPS) is 25.6. The minimum absolute atomic E-state index is 0.0163. The van der Waals surface area contributed by atoms with Crippen LogP contribution >= 0.6 is 0 Å². The van der Waals surface area contributed by atoms with Crippen LogP contribution in [0.5, 0.6) is 5.75 Å². The van der Waals surface area contributed by atoms with Gasteiger partial charge in [-0.2, -0.15) is 10.2 Å². The third-order valence-corrected chi connectivity index (χ3v) is 6.12. The van der Waals surface area contributed by atoms with Gasteiger partial charge in [0.2, 0.25) is 0 Å². The van der Waals surface area contributed by atoms with Crippen molar-refractivity contribution in [1.29, 1.82) is 0 Å². The third-order valence-electron chi connectivity index (χ3n) is 6.12.